The Labute approximate surface area is 217 Å². The minimum atomic E-state index is -1.21. The van der Waals surface area contributed by atoms with Gasteiger partial charge in [0, 0.05) is 22.8 Å². The first-order valence-corrected chi connectivity index (χ1v) is 13.0. The monoisotopic (exact) mass is 544 g/mol. The van der Waals surface area contributed by atoms with E-state index in [2.05, 4.69) is 15.5 Å². The lowest BCUT2D eigenvalue weighted by molar-refractivity contribution is -0.662. The minimum Gasteiger partial charge on any atom is -0.477 e. The Morgan fingerprint density at radius 1 is 1.35 bits per heavy atom. The SMILES string of the molecule is Nc1nc(/C(=N/OCCO)C(=O)N[C@@H]2C(=O)N3C(C(=O)O)=C(C[n+]4ccn5ccccc54)CS[C@H]23)cs1. The van der Waals surface area contributed by atoms with Crippen LogP contribution in [0, 0.1) is 0 Å². The van der Waals surface area contributed by atoms with Gasteiger partial charge in [-0.25, -0.2) is 18.7 Å². The zero-order valence-electron chi connectivity index (χ0n) is 19.2. The quantitative estimate of drug-likeness (QED) is 0.0902. The summed E-state index contributed by atoms with van der Waals surface area (Å²) >= 11 is 2.47. The number of pyridine rings is 1. The zero-order chi connectivity index (χ0) is 26.1. The standard InChI is InChI=1S/C22H21N7O6S2/c23-22-24-13(11-37-22)15(26-35-8-7-30)18(31)25-16-19(32)29-17(21(33)34)12(10-36-20(16)29)9-28-6-5-27-4-2-1-3-14(27)28/h1-6,11,16,20,30H,7-10H2,(H3-,23,24,25,31,33,34)/p+1/b26-15-/t16-,20-/m1/s1. The number of nitrogen functional groups attached to an aromatic ring is 1. The molecule has 5 rings (SSSR count). The molecule has 0 unspecified atom stereocenters. The number of aliphatic carboxylic acids is 1. The summed E-state index contributed by atoms with van der Waals surface area (Å²) in [5.74, 6) is -2.12. The number of fused-ring (bicyclic) bond motifs is 2. The molecule has 0 radical (unpaired) electrons. The lowest BCUT2D eigenvalue weighted by Gasteiger charge is -2.49. The predicted molar refractivity (Wildman–Crippen MR) is 133 cm³/mol. The molecule has 1 fully saturated rings. The third kappa shape index (κ3) is 4.63. The highest BCUT2D eigenvalue weighted by Crippen LogP contribution is 2.40. The van der Waals surface area contributed by atoms with Gasteiger partial charge >= 0.3 is 5.97 Å². The Hall–Kier alpha value is -3.95. The van der Waals surface area contributed by atoms with Gasteiger partial charge in [-0.05, 0) is 6.07 Å². The number of aliphatic hydroxyl groups is 1. The van der Waals surface area contributed by atoms with E-state index in [4.69, 9.17) is 15.7 Å². The smallest absolute Gasteiger partial charge is 0.352 e. The van der Waals surface area contributed by atoms with Gasteiger partial charge in [-0.3, -0.25) is 14.5 Å². The average Bonchev–Trinajstić information content (AvgIpc) is 3.50. The molecule has 2 aliphatic heterocycles. The van der Waals surface area contributed by atoms with E-state index >= 15 is 0 Å². The molecule has 2 atom stereocenters. The summed E-state index contributed by atoms with van der Waals surface area (Å²) < 4.78 is 3.83. The normalized spacial score (nSPS) is 19.5. The van der Waals surface area contributed by atoms with E-state index in [1.807, 2.05) is 45.8 Å². The van der Waals surface area contributed by atoms with Crippen LogP contribution in [0.4, 0.5) is 5.13 Å². The van der Waals surface area contributed by atoms with Gasteiger partial charge in [0.15, 0.2) is 10.8 Å². The number of aliphatic hydroxyl groups excluding tert-OH is 1. The number of oxime groups is 1. The minimum absolute atomic E-state index is 0.0746. The number of carbonyl (C=O) groups excluding carboxylic acids is 2. The number of rotatable bonds is 9. The van der Waals surface area contributed by atoms with Crippen molar-refractivity contribution >= 4 is 57.4 Å². The summed E-state index contributed by atoms with van der Waals surface area (Å²) in [4.78, 5) is 48.5. The van der Waals surface area contributed by atoms with Crippen molar-refractivity contribution in [3.63, 3.8) is 0 Å². The zero-order valence-corrected chi connectivity index (χ0v) is 20.8. The van der Waals surface area contributed by atoms with Crippen LogP contribution in [0.2, 0.25) is 0 Å². The molecule has 15 heteroatoms. The molecule has 0 aromatic carbocycles. The fourth-order valence-electron chi connectivity index (χ4n) is 4.15. The molecule has 5 N–H and O–H groups in total. The van der Waals surface area contributed by atoms with Gasteiger partial charge in [0.2, 0.25) is 0 Å². The Kier molecular flexibility index (Phi) is 6.82. The number of amides is 2. The first-order valence-electron chi connectivity index (χ1n) is 11.1. The number of hydrogen-bond donors (Lipinski definition) is 4. The summed E-state index contributed by atoms with van der Waals surface area (Å²) in [6.45, 7) is -0.154. The van der Waals surface area contributed by atoms with Gasteiger partial charge in [-0.1, -0.05) is 11.2 Å². The highest BCUT2D eigenvalue weighted by Gasteiger charge is 2.54. The van der Waals surface area contributed by atoms with E-state index in [-0.39, 0.29) is 35.4 Å². The highest BCUT2D eigenvalue weighted by molar-refractivity contribution is 8.00. The molecule has 0 bridgehead atoms. The second-order valence-corrected chi connectivity index (χ2v) is 10.1. The van der Waals surface area contributed by atoms with E-state index in [9.17, 15) is 19.5 Å². The molecular formula is C22H22N7O6S2+. The van der Waals surface area contributed by atoms with E-state index in [0.29, 0.717) is 17.9 Å². The van der Waals surface area contributed by atoms with Crippen molar-refractivity contribution in [1.82, 2.24) is 19.6 Å². The third-order valence-corrected chi connectivity index (χ3v) is 7.80. The van der Waals surface area contributed by atoms with Crippen LogP contribution < -0.4 is 15.6 Å². The fourth-order valence-corrected chi connectivity index (χ4v) is 6.03. The summed E-state index contributed by atoms with van der Waals surface area (Å²) in [6.07, 6.45) is 5.61. The van der Waals surface area contributed by atoms with Crippen LogP contribution in [-0.2, 0) is 25.8 Å². The molecule has 3 aromatic heterocycles. The summed E-state index contributed by atoms with van der Waals surface area (Å²) in [7, 11) is 0. The van der Waals surface area contributed by atoms with E-state index in [1.54, 1.807) is 0 Å². The molecule has 0 aliphatic carbocycles. The number of β-lactam (4-membered cyclic amide) rings is 1. The van der Waals surface area contributed by atoms with E-state index in [1.165, 1.54) is 22.0 Å². The topological polar surface area (TPSA) is 176 Å². The Morgan fingerprint density at radius 2 is 2.19 bits per heavy atom. The predicted octanol–water partition coefficient (Wildman–Crippen LogP) is -0.583. The Balaban J connectivity index is 1.36. The van der Waals surface area contributed by atoms with Crippen molar-refractivity contribution in [2.45, 2.75) is 18.0 Å². The average molecular weight is 545 g/mol. The molecule has 13 nitrogen and oxygen atoms in total. The Morgan fingerprint density at radius 3 is 2.92 bits per heavy atom. The van der Waals surface area contributed by atoms with Crippen LogP contribution >= 0.6 is 23.1 Å². The maximum absolute atomic E-state index is 13.1. The van der Waals surface area contributed by atoms with Gasteiger partial charge in [0.25, 0.3) is 17.5 Å². The fraction of sp³-hybridized carbons (Fsp3) is 0.273. The Bertz CT molecular complexity index is 1450. The second-order valence-electron chi connectivity index (χ2n) is 8.08. The lowest BCUT2D eigenvalue weighted by Crippen LogP contribution is -2.71. The number of carboxylic acids is 1. The van der Waals surface area contributed by atoms with Crippen molar-refractivity contribution < 1.29 is 34.0 Å². The van der Waals surface area contributed by atoms with Gasteiger partial charge in [-0.2, -0.15) is 0 Å². The maximum Gasteiger partial charge on any atom is 0.352 e. The summed E-state index contributed by atoms with van der Waals surface area (Å²) in [6, 6.07) is 4.74. The van der Waals surface area contributed by atoms with Crippen molar-refractivity contribution in [1.29, 1.82) is 0 Å². The number of nitrogens with two attached hydrogens (primary N) is 1. The van der Waals surface area contributed by atoms with Gasteiger partial charge in [-0.15, -0.1) is 23.1 Å². The van der Waals surface area contributed by atoms with Crippen molar-refractivity contribution in [3.8, 4) is 0 Å². The number of nitrogens with zero attached hydrogens (tertiary/aromatic N) is 5. The van der Waals surface area contributed by atoms with Crippen LogP contribution in [0.1, 0.15) is 5.69 Å². The molecule has 1 saturated heterocycles. The molecule has 0 spiro atoms. The van der Waals surface area contributed by atoms with Crippen LogP contribution in [0.5, 0.6) is 0 Å². The third-order valence-electron chi connectivity index (χ3n) is 5.78. The number of carbonyl (C=O) groups is 3. The number of aromatic nitrogens is 3. The van der Waals surface area contributed by atoms with Crippen LogP contribution in [-0.4, -0.2) is 78.4 Å². The first kappa shape index (κ1) is 24.7. The maximum atomic E-state index is 13.1. The molecule has 3 aromatic rings. The molecular weight excluding hydrogens is 522 g/mol. The molecule has 2 amide bonds. The molecule has 192 valence electrons. The highest BCUT2D eigenvalue weighted by atomic mass is 32.2. The number of thioether (sulfide) groups is 1. The summed E-state index contributed by atoms with van der Waals surface area (Å²) in [5.41, 5.74) is 7.01. The van der Waals surface area contributed by atoms with Gasteiger partial charge in [0.05, 0.1) is 12.8 Å². The number of anilines is 1. The number of carboxylic acid groups (broad SMARTS) is 1. The van der Waals surface area contributed by atoms with E-state index < -0.39 is 29.2 Å². The van der Waals surface area contributed by atoms with Crippen molar-refractivity contribution in [3.05, 3.63) is 59.1 Å². The number of imidazole rings is 1. The lowest BCUT2D eigenvalue weighted by atomic mass is 10.0. The van der Waals surface area contributed by atoms with Crippen LogP contribution in [0.15, 0.2) is 58.6 Å². The second kappa shape index (κ2) is 10.2. The number of thiazole rings is 1. The van der Waals surface area contributed by atoms with Gasteiger partial charge in [0.1, 0.15) is 48.4 Å². The molecule has 0 saturated carbocycles. The van der Waals surface area contributed by atoms with Crippen molar-refractivity contribution in [2.75, 3.05) is 24.7 Å². The van der Waals surface area contributed by atoms with Crippen molar-refractivity contribution in [2.24, 2.45) is 5.16 Å². The molecule has 5 heterocycles. The van der Waals surface area contributed by atoms with Gasteiger partial charge < -0.3 is 26.1 Å². The number of nitrogens with one attached hydrogen (secondary N) is 1. The molecule has 2 aliphatic rings. The first-order chi connectivity index (χ1) is 17.9. The van der Waals surface area contributed by atoms with Crippen LogP contribution in [0.25, 0.3) is 5.65 Å². The van der Waals surface area contributed by atoms with E-state index in [0.717, 1.165) is 17.0 Å². The summed E-state index contributed by atoms with van der Waals surface area (Å²) in [5, 5.41) is 26.4. The largest absolute Gasteiger partial charge is 0.477 e. The molecule has 37 heavy (non-hydrogen) atoms. The number of hydrogen-bond acceptors (Lipinski definition) is 10. The van der Waals surface area contributed by atoms with Crippen LogP contribution in [0.3, 0.4) is 0 Å².